The summed E-state index contributed by atoms with van der Waals surface area (Å²) in [6, 6.07) is 8.40. The number of nitrogens with zero attached hydrogens (tertiary/aromatic N) is 3. The lowest BCUT2D eigenvalue weighted by molar-refractivity contribution is 0.700. The van der Waals surface area contributed by atoms with E-state index < -0.39 is 0 Å². The molecule has 0 fully saturated rings. The van der Waals surface area contributed by atoms with Gasteiger partial charge in [-0.25, -0.2) is 0 Å². The number of benzene rings is 1. The molecule has 4 nitrogen and oxygen atoms in total. The molecule has 1 aromatic carbocycles. The van der Waals surface area contributed by atoms with E-state index in [9.17, 15) is 0 Å². The molecule has 0 radical (unpaired) electrons. The summed E-state index contributed by atoms with van der Waals surface area (Å²) in [5, 5.41) is 4.15. The number of likely N-dealkylation sites (N-methyl/N-ethyl adjacent to an activating group) is 1. The molecule has 96 valence electrons. The summed E-state index contributed by atoms with van der Waals surface area (Å²) in [5.74, 6) is 0. The summed E-state index contributed by atoms with van der Waals surface area (Å²) in [4.78, 5) is 2.17. The Balaban J connectivity index is 2.05. The number of nitrogens with two attached hydrogens (primary N) is 1. The van der Waals surface area contributed by atoms with Crippen LogP contribution in [0.1, 0.15) is 17.2 Å². The molecule has 2 rings (SSSR count). The lowest BCUT2D eigenvalue weighted by Gasteiger charge is -2.23. The number of rotatable bonds is 4. The first-order valence-corrected chi connectivity index (χ1v) is 6.08. The van der Waals surface area contributed by atoms with Gasteiger partial charge < -0.3 is 10.6 Å². The topological polar surface area (TPSA) is 47.1 Å². The Kier molecular flexibility index (Phi) is 3.67. The quantitative estimate of drug-likeness (QED) is 0.893. The van der Waals surface area contributed by atoms with Crippen LogP contribution in [0.3, 0.4) is 0 Å². The van der Waals surface area contributed by atoms with Crippen molar-refractivity contribution in [3.05, 3.63) is 47.8 Å². The van der Waals surface area contributed by atoms with Crippen LogP contribution in [-0.2, 0) is 7.05 Å². The van der Waals surface area contributed by atoms with Crippen LogP contribution in [0.2, 0.25) is 0 Å². The highest BCUT2D eigenvalue weighted by molar-refractivity contribution is 5.48. The minimum Gasteiger partial charge on any atom is -0.373 e. The molecule has 0 spiro atoms. The molecule has 0 saturated heterocycles. The minimum absolute atomic E-state index is 0.0239. The van der Waals surface area contributed by atoms with E-state index in [1.54, 1.807) is 4.68 Å². The average molecular weight is 244 g/mol. The summed E-state index contributed by atoms with van der Waals surface area (Å²) < 4.78 is 1.78. The maximum atomic E-state index is 6.19. The third-order valence-electron chi connectivity index (χ3n) is 3.07. The molecular formula is C14H20N4. The Morgan fingerprint density at radius 3 is 2.83 bits per heavy atom. The zero-order valence-electron chi connectivity index (χ0n) is 11.2. The fourth-order valence-corrected chi connectivity index (χ4v) is 2.00. The van der Waals surface area contributed by atoms with Crippen LogP contribution < -0.4 is 10.6 Å². The van der Waals surface area contributed by atoms with E-state index in [0.717, 1.165) is 12.1 Å². The molecule has 1 heterocycles. The smallest absolute Gasteiger partial charge is 0.0538 e. The first kappa shape index (κ1) is 12.6. The normalized spacial score (nSPS) is 12.4. The van der Waals surface area contributed by atoms with Crippen molar-refractivity contribution in [3.8, 4) is 0 Å². The van der Waals surface area contributed by atoms with Crippen molar-refractivity contribution in [1.29, 1.82) is 0 Å². The SMILES string of the molecule is Cc1cccc(N(C)CC(N)c2cnn(C)c2)c1. The Morgan fingerprint density at radius 1 is 1.44 bits per heavy atom. The summed E-state index contributed by atoms with van der Waals surface area (Å²) in [5.41, 5.74) is 9.70. The van der Waals surface area contributed by atoms with Crippen LogP contribution >= 0.6 is 0 Å². The molecule has 0 amide bonds. The maximum Gasteiger partial charge on any atom is 0.0538 e. The van der Waals surface area contributed by atoms with E-state index in [1.807, 2.05) is 19.4 Å². The second-order valence-electron chi connectivity index (χ2n) is 4.77. The van der Waals surface area contributed by atoms with Gasteiger partial charge >= 0.3 is 0 Å². The highest BCUT2D eigenvalue weighted by Crippen LogP contribution is 2.17. The zero-order chi connectivity index (χ0) is 13.1. The molecule has 0 aliphatic rings. The van der Waals surface area contributed by atoms with E-state index in [-0.39, 0.29) is 6.04 Å². The van der Waals surface area contributed by atoms with Crippen molar-refractivity contribution >= 4 is 5.69 Å². The van der Waals surface area contributed by atoms with Crippen LogP contribution in [0, 0.1) is 6.92 Å². The van der Waals surface area contributed by atoms with Gasteiger partial charge in [0.05, 0.1) is 12.2 Å². The predicted octanol–water partition coefficient (Wildman–Crippen LogP) is 1.86. The molecule has 0 bridgehead atoms. The zero-order valence-corrected chi connectivity index (χ0v) is 11.2. The van der Waals surface area contributed by atoms with E-state index >= 15 is 0 Å². The third-order valence-corrected chi connectivity index (χ3v) is 3.07. The van der Waals surface area contributed by atoms with E-state index in [0.29, 0.717) is 0 Å². The van der Waals surface area contributed by atoms with Crippen molar-refractivity contribution in [2.45, 2.75) is 13.0 Å². The van der Waals surface area contributed by atoms with Gasteiger partial charge in [0, 0.05) is 38.1 Å². The molecule has 0 aliphatic carbocycles. The molecule has 4 heteroatoms. The van der Waals surface area contributed by atoms with Gasteiger partial charge in [-0.1, -0.05) is 12.1 Å². The van der Waals surface area contributed by atoms with Crippen molar-refractivity contribution < 1.29 is 0 Å². The summed E-state index contributed by atoms with van der Waals surface area (Å²) in [7, 11) is 3.96. The average Bonchev–Trinajstić information content (AvgIpc) is 2.76. The first-order chi connectivity index (χ1) is 8.56. The highest BCUT2D eigenvalue weighted by atomic mass is 15.2. The van der Waals surface area contributed by atoms with Crippen molar-refractivity contribution in [3.63, 3.8) is 0 Å². The second-order valence-corrected chi connectivity index (χ2v) is 4.77. The van der Waals surface area contributed by atoms with Crippen molar-refractivity contribution in [2.75, 3.05) is 18.5 Å². The van der Waals surface area contributed by atoms with Gasteiger partial charge in [-0.15, -0.1) is 0 Å². The largest absolute Gasteiger partial charge is 0.373 e. The summed E-state index contributed by atoms with van der Waals surface area (Å²) in [6.45, 7) is 2.87. The van der Waals surface area contributed by atoms with Gasteiger partial charge in [0.1, 0.15) is 0 Å². The number of anilines is 1. The fraction of sp³-hybridized carbons (Fsp3) is 0.357. The fourth-order valence-electron chi connectivity index (χ4n) is 2.00. The van der Waals surface area contributed by atoms with Gasteiger partial charge in [-0.2, -0.15) is 5.10 Å². The monoisotopic (exact) mass is 244 g/mol. The van der Waals surface area contributed by atoms with Gasteiger partial charge in [-0.05, 0) is 24.6 Å². The molecule has 2 N–H and O–H groups in total. The highest BCUT2D eigenvalue weighted by Gasteiger charge is 2.11. The third kappa shape index (κ3) is 2.90. The lowest BCUT2D eigenvalue weighted by Crippen LogP contribution is -2.28. The van der Waals surface area contributed by atoms with Gasteiger partial charge in [0.25, 0.3) is 0 Å². The number of aryl methyl sites for hydroxylation is 2. The van der Waals surface area contributed by atoms with Crippen LogP contribution in [0.4, 0.5) is 5.69 Å². The molecule has 0 saturated carbocycles. The van der Waals surface area contributed by atoms with E-state index in [2.05, 4.69) is 48.2 Å². The van der Waals surface area contributed by atoms with Crippen LogP contribution in [-0.4, -0.2) is 23.4 Å². The van der Waals surface area contributed by atoms with Crippen LogP contribution in [0.15, 0.2) is 36.7 Å². The van der Waals surface area contributed by atoms with Crippen molar-refractivity contribution in [1.82, 2.24) is 9.78 Å². The van der Waals surface area contributed by atoms with Crippen LogP contribution in [0.5, 0.6) is 0 Å². The first-order valence-electron chi connectivity index (χ1n) is 6.08. The predicted molar refractivity (Wildman–Crippen MR) is 74.6 cm³/mol. The molecule has 1 aromatic heterocycles. The Morgan fingerprint density at radius 2 is 2.22 bits per heavy atom. The molecule has 1 unspecified atom stereocenters. The van der Waals surface area contributed by atoms with Crippen LogP contribution in [0.25, 0.3) is 0 Å². The number of hydrogen-bond acceptors (Lipinski definition) is 3. The molecule has 2 aromatic rings. The standard InChI is InChI=1S/C14H20N4/c1-11-5-4-6-13(7-11)17(2)10-14(15)12-8-16-18(3)9-12/h4-9,14H,10,15H2,1-3H3. The van der Waals surface area contributed by atoms with E-state index in [1.165, 1.54) is 11.3 Å². The van der Waals surface area contributed by atoms with E-state index in [4.69, 9.17) is 5.73 Å². The number of aromatic nitrogens is 2. The number of hydrogen-bond donors (Lipinski definition) is 1. The second kappa shape index (κ2) is 5.23. The Bertz CT molecular complexity index is 518. The lowest BCUT2D eigenvalue weighted by atomic mass is 10.1. The maximum absolute atomic E-state index is 6.19. The van der Waals surface area contributed by atoms with Gasteiger partial charge in [0.15, 0.2) is 0 Å². The summed E-state index contributed by atoms with van der Waals surface area (Å²) >= 11 is 0. The Hall–Kier alpha value is -1.81. The molecule has 0 aliphatic heterocycles. The summed E-state index contributed by atoms with van der Waals surface area (Å²) in [6.07, 6.45) is 3.80. The molecule has 18 heavy (non-hydrogen) atoms. The molecule has 1 atom stereocenters. The van der Waals surface area contributed by atoms with Crippen molar-refractivity contribution in [2.24, 2.45) is 12.8 Å². The Labute approximate surface area is 108 Å². The molecular weight excluding hydrogens is 224 g/mol. The minimum atomic E-state index is -0.0239. The van der Waals surface area contributed by atoms with Gasteiger partial charge in [0.2, 0.25) is 0 Å². The van der Waals surface area contributed by atoms with Gasteiger partial charge in [-0.3, -0.25) is 4.68 Å².